The van der Waals surface area contributed by atoms with E-state index >= 15 is 0 Å². The number of nitrogens with zero attached hydrogens (tertiary/aromatic N) is 6. The van der Waals surface area contributed by atoms with Gasteiger partial charge >= 0.3 is 0 Å². The van der Waals surface area contributed by atoms with Gasteiger partial charge in [-0.15, -0.1) is 0 Å². The Morgan fingerprint density at radius 2 is 1.73 bits per heavy atom. The SMILES string of the molecule is Nc1ncc(N2CCN(c3cccc(-c4ccncn4)c3)CC2)c(N)n1. The Bertz CT molecular complexity index is 891. The van der Waals surface area contributed by atoms with E-state index in [2.05, 4.69) is 54.0 Å². The van der Waals surface area contributed by atoms with Gasteiger partial charge in [-0.1, -0.05) is 12.1 Å². The predicted molar refractivity (Wildman–Crippen MR) is 103 cm³/mol. The van der Waals surface area contributed by atoms with Crippen LogP contribution in [-0.2, 0) is 0 Å². The van der Waals surface area contributed by atoms with Crippen LogP contribution in [0.5, 0.6) is 0 Å². The molecule has 0 saturated carbocycles. The average molecular weight is 348 g/mol. The van der Waals surface area contributed by atoms with Gasteiger partial charge in [0.05, 0.1) is 17.6 Å². The van der Waals surface area contributed by atoms with Crippen LogP contribution in [0, 0.1) is 0 Å². The maximum atomic E-state index is 5.98. The van der Waals surface area contributed by atoms with Crippen molar-refractivity contribution < 1.29 is 0 Å². The Labute approximate surface area is 151 Å². The Hall–Kier alpha value is -3.42. The van der Waals surface area contributed by atoms with E-state index < -0.39 is 0 Å². The second kappa shape index (κ2) is 6.83. The largest absolute Gasteiger partial charge is 0.382 e. The van der Waals surface area contributed by atoms with Gasteiger partial charge in [0.2, 0.25) is 5.95 Å². The number of hydrogen-bond donors (Lipinski definition) is 2. The standard InChI is InChI=1S/C18H20N8/c19-17-16(11-22-18(20)24-17)26-8-6-25(7-9-26)14-3-1-2-13(10-14)15-4-5-21-12-23-15/h1-5,10-12H,6-9H2,(H4,19,20,22,24). The van der Waals surface area contributed by atoms with Crippen molar-refractivity contribution in [3.63, 3.8) is 0 Å². The third-order valence-corrected chi connectivity index (χ3v) is 4.53. The number of rotatable bonds is 3. The van der Waals surface area contributed by atoms with E-state index in [1.165, 1.54) is 5.69 Å². The number of benzene rings is 1. The Morgan fingerprint density at radius 1 is 0.923 bits per heavy atom. The van der Waals surface area contributed by atoms with Gasteiger partial charge in [-0.25, -0.2) is 15.0 Å². The lowest BCUT2D eigenvalue weighted by molar-refractivity contribution is 0.652. The van der Waals surface area contributed by atoms with Gasteiger partial charge in [-0.2, -0.15) is 4.98 Å². The Kier molecular flexibility index (Phi) is 4.22. The topological polar surface area (TPSA) is 110 Å². The molecule has 0 amide bonds. The molecule has 1 aromatic carbocycles. The highest BCUT2D eigenvalue weighted by Crippen LogP contribution is 2.26. The van der Waals surface area contributed by atoms with Gasteiger partial charge < -0.3 is 21.3 Å². The number of anilines is 4. The first kappa shape index (κ1) is 16.1. The number of hydrogen-bond acceptors (Lipinski definition) is 8. The summed E-state index contributed by atoms with van der Waals surface area (Å²) in [5.74, 6) is 0.628. The zero-order valence-corrected chi connectivity index (χ0v) is 14.3. The van der Waals surface area contributed by atoms with E-state index in [1.54, 1.807) is 18.7 Å². The molecule has 4 N–H and O–H groups in total. The van der Waals surface area contributed by atoms with Crippen LogP contribution in [0.25, 0.3) is 11.3 Å². The Balaban J connectivity index is 1.48. The monoisotopic (exact) mass is 348 g/mol. The molecule has 8 nitrogen and oxygen atoms in total. The molecule has 0 radical (unpaired) electrons. The van der Waals surface area contributed by atoms with Gasteiger partial charge in [-0.3, -0.25) is 0 Å². The summed E-state index contributed by atoms with van der Waals surface area (Å²) in [6.45, 7) is 3.46. The molecule has 0 bridgehead atoms. The van der Waals surface area contributed by atoms with E-state index in [-0.39, 0.29) is 5.95 Å². The highest BCUT2D eigenvalue weighted by Gasteiger charge is 2.20. The van der Waals surface area contributed by atoms with Gasteiger partial charge in [0, 0.05) is 43.6 Å². The van der Waals surface area contributed by atoms with Crippen LogP contribution in [-0.4, -0.2) is 46.1 Å². The van der Waals surface area contributed by atoms with Crippen molar-refractivity contribution in [1.82, 2.24) is 19.9 Å². The molecule has 0 spiro atoms. The van der Waals surface area contributed by atoms with Crippen molar-refractivity contribution in [1.29, 1.82) is 0 Å². The average Bonchev–Trinajstić information content (AvgIpc) is 2.69. The first-order chi connectivity index (χ1) is 12.7. The van der Waals surface area contributed by atoms with Gasteiger partial charge in [0.1, 0.15) is 6.33 Å². The third-order valence-electron chi connectivity index (χ3n) is 4.53. The smallest absolute Gasteiger partial charge is 0.222 e. The predicted octanol–water partition coefficient (Wildman–Crippen LogP) is 1.42. The third kappa shape index (κ3) is 3.21. The minimum atomic E-state index is 0.200. The van der Waals surface area contributed by atoms with Crippen LogP contribution >= 0.6 is 0 Å². The van der Waals surface area contributed by atoms with Crippen LogP contribution < -0.4 is 21.3 Å². The van der Waals surface area contributed by atoms with Crippen molar-refractivity contribution in [2.75, 3.05) is 47.4 Å². The quantitative estimate of drug-likeness (QED) is 0.731. The summed E-state index contributed by atoms with van der Waals surface area (Å²) in [7, 11) is 0. The van der Waals surface area contributed by atoms with Crippen LogP contribution in [0.15, 0.2) is 49.1 Å². The van der Waals surface area contributed by atoms with E-state index in [1.807, 2.05) is 6.07 Å². The minimum Gasteiger partial charge on any atom is -0.382 e. The first-order valence-corrected chi connectivity index (χ1v) is 8.45. The van der Waals surface area contributed by atoms with E-state index in [9.17, 15) is 0 Å². The summed E-state index contributed by atoms with van der Waals surface area (Å²) >= 11 is 0. The zero-order valence-electron chi connectivity index (χ0n) is 14.3. The van der Waals surface area contributed by atoms with Crippen molar-refractivity contribution >= 4 is 23.1 Å². The molecule has 0 atom stereocenters. The summed E-state index contributed by atoms with van der Waals surface area (Å²) in [5.41, 5.74) is 15.6. The van der Waals surface area contributed by atoms with E-state index in [0.717, 1.165) is 43.1 Å². The second-order valence-electron chi connectivity index (χ2n) is 6.12. The summed E-state index contributed by atoms with van der Waals surface area (Å²) < 4.78 is 0. The summed E-state index contributed by atoms with van der Waals surface area (Å²) in [5, 5.41) is 0. The molecule has 4 rings (SSSR count). The number of piperazine rings is 1. The normalized spacial score (nSPS) is 14.5. The molecule has 1 fully saturated rings. The molecule has 1 saturated heterocycles. The lowest BCUT2D eigenvalue weighted by Crippen LogP contribution is -2.46. The van der Waals surface area contributed by atoms with Crippen molar-refractivity contribution in [3.05, 3.63) is 49.1 Å². The first-order valence-electron chi connectivity index (χ1n) is 8.45. The van der Waals surface area contributed by atoms with Crippen LogP contribution in [0.2, 0.25) is 0 Å². The molecule has 1 aliphatic rings. The Morgan fingerprint density at radius 3 is 2.46 bits per heavy atom. The number of nitrogens with two attached hydrogens (primary N) is 2. The number of aromatic nitrogens is 4. The molecular formula is C18H20N8. The summed E-state index contributed by atoms with van der Waals surface area (Å²) in [6.07, 6.45) is 5.02. The van der Waals surface area contributed by atoms with Gasteiger partial charge in [0.15, 0.2) is 5.82 Å². The fourth-order valence-electron chi connectivity index (χ4n) is 3.18. The zero-order chi connectivity index (χ0) is 17.9. The molecule has 3 heterocycles. The minimum absolute atomic E-state index is 0.200. The fraction of sp³-hybridized carbons (Fsp3) is 0.222. The molecule has 0 unspecified atom stereocenters. The second-order valence-corrected chi connectivity index (χ2v) is 6.12. The van der Waals surface area contributed by atoms with Crippen LogP contribution in [0.1, 0.15) is 0 Å². The molecular weight excluding hydrogens is 328 g/mol. The summed E-state index contributed by atoms with van der Waals surface area (Å²) in [6, 6.07) is 10.3. The maximum absolute atomic E-state index is 5.98. The molecule has 1 aliphatic heterocycles. The molecule has 3 aromatic rings. The molecule has 2 aromatic heterocycles. The van der Waals surface area contributed by atoms with E-state index in [4.69, 9.17) is 11.5 Å². The molecule has 0 aliphatic carbocycles. The fourth-order valence-corrected chi connectivity index (χ4v) is 3.18. The summed E-state index contributed by atoms with van der Waals surface area (Å²) in [4.78, 5) is 21.0. The van der Waals surface area contributed by atoms with Crippen molar-refractivity contribution in [2.24, 2.45) is 0 Å². The number of nitrogen functional groups attached to an aromatic ring is 2. The lowest BCUT2D eigenvalue weighted by atomic mass is 10.1. The van der Waals surface area contributed by atoms with Gasteiger partial charge in [-0.05, 0) is 18.2 Å². The van der Waals surface area contributed by atoms with Crippen LogP contribution in [0.4, 0.5) is 23.1 Å². The van der Waals surface area contributed by atoms with E-state index in [0.29, 0.717) is 5.82 Å². The maximum Gasteiger partial charge on any atom is 0.222 e. The highest BCUT2D eigenvalue weighted by atomic mass is 15.3. The molecule has 26 heavy (non-hydrogen) atoms. The molecule has 8 heteroatoms. The van der Waals surface area contributed by atoms with Crippen LogP contribution in [0.3, 0.4) is 0 Å². The van der Waals surface area contributed by atoms with Crippen molar-refractivity contribution in [2.45, 2.75) is 0 Å². The van der Waals surface area contributed by atoms with Gasteiger partial charge in [0.25, 0.3) is 0 Å². The van der Waals surface area contributed by atoms with Crippen molar-refractivity contribution in [3.8, 4) is 11.3 Å². The highest BCUT2D eigenvalue weighted by molar-refractivity contribution is 5.67. The molecule has 132 valence electrons. The lowest BCUT2D eigenvalue weighted by Gasteiger charge is -2.37.